The molecular weight excluding hydrogens is 184 g/mol. The fraction of sp³-hybridized carbons (Fsp3) is 0.200. The van der Waals surface area contributed by atoms with Crippen molar-refractivity contribution in [2.45, 2.75) is 13.3 Å². The van der Waals surface area contributed by atoms with Gasteiger partial charge in [0, 0.05) is 6.42 Å². The largest absolute Gasteiger partial charge is 0.483 e. The number of benzene rings is 1. The van der Waals surface area contributed by atoms with Crippen molar-refractivity contribution in [1.82, 2.24) is 0 Å². The summed E-state index contributed by atoms with van der Waals surface area (Å²) in [6.45, 7) is 1.52. The van der Waals surface area contributed by atoms with Crippen molar-refractivity contribution in [3.05, 3.63) is 30.3 Å². The molecule has 1 aromatic rings. The molecule has 0 spiro atoms. The second-order valence-electron chi connectivity index (χ2n) is 2.25. The monoisotopic (exact) mass is 196 g/mol. The van der Waals surface area contributed by atoms with Gasteiger partial charge in [-0.1, -0.05) is 25.1 Å². The summed E-state index contributed by atoms with van der Waals surface area (Å²) in [6.07, 6.45) is 0.412. The van der Waals surface area contributed by atoms with Crippen LogP contribution in [0.25, 0.3) is 0 Å². The van der Waals surface area contributed by atoms with Crippen LogP contribution in [0, 0.1) is 0 Å². The Hall–Kier alpha value is -1.84. The quantitative estimate of drug-likeness (QED) is 0.444. The fourth-order valence-electron chi connectivity index (χ4n) is 0.692. The lowest BCUT2D eigenvalue weighted by Gasteiger charge is -1.99. The zero-order valence-corrected chi connectivity index (χ0v) is 7.84. The predicted octanol–water partition coefficient (Wildman–Crippen LogP) is 1.70. The lowest BCUT2D eigenvalue weighted by Crippen LogP contribution is -2.04. The van der Waals surface area contributed by atoms with Gasteiger partial charge in [-0.05, 0) is 12.1 Å². The fourth-order valence-corrected chi connectivity index (χ4v) is 0.692. The van der Waals surface area contributed by atoms with Gasteiger partial charge in [0.05, 0.1) is 0 Å². The summed E-state index contributed by atoms with van der Waals surface area (Å²) in [5.41, 5.74) is 0. The summed E-state index contributed by atoms with van der Waals surface area (Å²) >= 11 is 0. The van der Waals surface area contributed by atoms with E-state index >= 15 is 0 Å². The average molecular weight is 196 g/mol. The Bertz CT molecular complexity index is 269. The van der Waals surface area contributed by atoms with Crippen molar-refractivity contribution >= 4 is 12.4 Å². The van der Waals surface area contributed by atoms with Crippen LogP contribution in [0.2, 0.25) is 0 Å². The van der Waals surface area contributed by atoms with Crippen LogP contribution in [0.5, 0.6) is 5.75 Å². The Morgan fingerprint density at radius 3 is 2.36 bits per heavy atom. The number of ether oxygens (including phenoxy) is 1. The Kier molecular flexibility index (Phi) is 6.77. The summed E-state index contributed by atoms with van der Waals surface area (Å²) in [4.78, 5) is 19.1. The second-order valence-corrected chi connectivity index (χ2v) is 2.25. The number of carbonyl (C=O) groups excluding carboxylic acids is 1. The third-order valence-electron chi connectivity index (χ3n) is 1.26. The average Bonchev–Trinajstić information content (AvgIpc) is 2.20. The van der Waals surface area contributed by atoms with Gasteiger partial charge >= 0.3 is 5.97 Å². The minimum absolute atomic E-state index is 0.198. The molecule has 1 aromatic carbocycles. The van der Waals surface area contributed by atoms with Crippen molar-refractivity contribution in [3.8, 4) is 5.75 Å². The Balaban J connectivity index is 0.000000500. The van der Waals surface area contributed by atoms with E-state index in [1.807, 2.05) is 18.2 Å². The van der Waals surface area contributed by atoms with Crippen LogP contribution in [0.1, 0.15) is 13.3 Å². The minimum Gasteiger partial charge on any atom is -0.483 e. The summed E-state index contributed by atoms with van der Waals surface area (Å²) in [5, 5.41) is 6.89. The number of carboxylic acid groups (broad SMARTS) is 1. The molecule has 0 radical (unpaired) electrons. The van der Waals surface area contributed by atoms with Crippen LogP contribution >= 0.6 is 0 Å². The van der Waals surface area contributed by atoms with Crippen LogP contribution < -0.4 is 4.74 Å². The maximum absolute atomic E-state index is 10.8. The van der Waals surface area contributed by atoms with Crippen molar-refractivity contribution < 1.29 is 19.4 Å². The van der Waals surface area contributed by atoms with Crippen molar-refractivity contribution in [3.63, 3.8) is 0 Å². The summed E-state index contributed by atoms with van der Waals surface area (Å²) in [7, 11) is 0. The first-order valence-electron chi connectivity index (χ1n) is 4.08. The maximum atomic E-state index is 10.8. The Morgan fingerprint density at radius 1 is 1.43 bits per heavy atom. The van der Waals surface area contributed by atoms with E-state index in [4.69, 9.17) is 14.6 Å². The van der Waals surface area contributed by atoms with Crippen LogP contribution in [0.3, 0.4) is 0 Å². The van der Waals surface area contributed by atoms with Gasteiger partial charge in [0.25, 0.3) is 6.47 Å². The Morgan fingerprint density at radius 2 is 1.93 bits per heavy atom. The molecular formula is C10H12O4. The van der Waals surface area contributed by atoms with Gasteiger partial charge in [-0.15, -0.1) is 0 Å². The standard InChI is InChI=1S/C9H10O2.CH2O2/c1-2-9(10)11-8-6-4-3-5-7-8;2-1-3/h3-7H,2H2,1H3;1H,(H,2,3). The van der Waals surface area contributed by atoms with Crippen molar-refractivity contribution in [1.29, 1.82) is 0 Å². The summed E-state index contributed by atoms with van der Waals surface area (Å²) in [5.74, 6) is 0.413. The lowest BCUT2D eigenvalue weighted by atomic mass is 10.3. The van der Waals surface area contributed by atoms with E-state index in [1.165, 1.54) is 0 Å². The highest BCUT2D eigenvalue weighted by atomic mass is 16.5. The number of hydrogen-bond donors (Lipinski definition) is 1. The third-order valence-corrected chi connectivity index (χ3v) is 1.26. The second kappa shape index (κ2) is 7.79. The van der Waals surface area contributed by atoms with E-state index in [2.05, 4.69) is 0 Å². The molecule has 0 fully saturated rings. The van der Waals surface area contributed by atoms with Gasteiger partial charge in [-0.3, -0.25) is 9.59 Å². The van der Waals surface area contributed by atoms with Gasteiger partial charge in [0.15, 0.2) is 0 Å². The van der Waals surface area contributed by atoms with Gasteiger partial charge in [0.2, 0.25) is 0 Å². The third kappa shape index (κ3) is 5.77. The number of rotatable bonds is 2. The van der Waals surface area contributed by atoms with Gasteiger partial charge < -0.3 is 9.84 Å². The molecule has 0 saturated carbocycles. The van der Waals surface area contributed by atoms with Crippen LogP contribution in [0.15, 0.2) is 30.3 Å². The maximum Gasteiger partial charge on any atom is 0.310 e. The molecule has 0 heterocycles. The first-order valence-corrected chi connectivity index (χ1v) is 4.08. The highest BCUT2D eigenvalue weighted by molar-refractivity contribution is 5.71. The molecule has 0 aliphatic heterocycles. The molecule has 0 unspecified atom stereocenters. The van der Waals surface area contributed by atoms with Gasteiger partial charge in [-0.25, -0.2) is 0 Å². The zero-order valence-electron chi connectivity index (χ0n) is 7.84. The first kappa shape index (κ1) is 12.2. The number of hydrogen-bond acceptors (Lipinski definition) is 3. The van der Waals surface area contributed by atoms with Gasteiger partial charge in [0.1, 0.15) is 5.75 Å². The zero-order chi connectivity index (χ0) is 10.8. The van der Waals surface area contributed by atoms with Crippen molar-refractivity contribution in [2.75, 3.05) is 0 Å². The van der Waals surface area contributed by atoms with E-state index in [-0.39, 0.29) is 12.4 Å². The number of carbonyl (C=O) groups is 2. The molecule has 4 nitrogen and oxygen atoms in total. The molecule has 0 amide bonds. The highest BCUT2D eigenvalue weighted by Gasteiger charge is 1.98. The molecule has 1 N–H and O–H groups in total. The summed E-state index contributed by atoms with van der Waals surface area (Å²) in [6, 6.07) is 9.06. The van der Waals surface area contributed by atoms with E-state index < -0.39 is 0 Å². The minimum atomic E-state index is -0.250. The molecule has 0 bridgehead atoms. The van der Waals surface area contributed by atoms with E-state index in [9.17, 15) is 4.79 Å². The Labute approximate surface area is 82.1 Å². The van der Waals surface area contributed by atoms with Crippen LogP contribution in [-0.2, 0) is 9.59 Å². The molecule has 0 aliphatic rings. The lowest BCUT2D eigenvalue weighted by molar-refractivity contribution is -0.134. The first-order chi connectivity index (χ1) is 6.74. The number of esters is 1. The molecule has 0 atom stereocenters. The van der Waals surface area contributed by atoms with E-state index in [0.717, 1.165) is 0 Å². The van der Waals surface area contributed by atoms with E-state index in [1.54, 1.807) is 19.1 Å². The molecule has 1 rings (SSSR count). The van der Waals surface area contributed by atoms with Crippen LogP contribution in [0.4, 0.5) is 0 Å². The van der Waals surface area contributed by atoms with Crippen molar-refractivity contribution in [2.24, 2.45) is 0 Å². The topological polar surface area (TPSA) is 63.6 Å². The highest BCUT2D eigenvalue weighted by Crippen LogP contribution is 2.08. The normalized spacial score (nSPS) is 8.07. The van der Waals surface area contributed by atoms with Crippen LogP contribution in [-0.4, -0.2) is 17.5 Å². The predicted molar refractivity (Wildman–Crippen MR) is 51.1 cm³/mol. The van der Waals surface area contributed by atoms with E-state index in [0.29, 0.717) is 12.2 Å². The molecule has 0 saturated heterocycles. The molecule has 4 heteroatoms. The number of para-hydroxylation sites is 1. The summed E-state index contributed by atoms with van der Waals surface area (Å²) < 4.78 is 4.92. The molecule has 76 valence electrons. The molecule has 0 aromatic heterocycles. The van der Waals surface area contributed by atoms with Gasteiger partial charge in [-0.2, -0.15) is 0 Å². The molecule has 0 aliphatic carbocycles. The SMILES string of the molecule is CCC(=O)Oc1ccccc1.O=CO. The smallest absolute Gasteiger partial charge is 0.310 e. The molecule has 14 heavy (non-hydrogen) atoms.